The summed E-state index contributed by atoms with van der Waals surface area (Å²) in [4.78, 5) is 0.263. The van der Waals surface area contributed by atoms with E-state index in [1.165, 1.54) is 0 Å². The standard InChI is InChI=1S/C14H20N2O3S2/c1-14(5-7-19-8-6-14)16-21(17,18)10-11-3-2-4-12(9-11)13(15)20/h2-4,9,16H,5-8,10H2,1H3,(H2,15,20). The maximum atomic E-state index is 12.3. The largest absolute Gasteiger partial charge is 0.389 e. The quantitative estimate of drug-likeness (QED) is 0.797. The Kier molecular flexibility index (Phi) is 4.98. The first-order valence-electron chi connectivity index (χ1n) is 6.78. The molecule has 5 nitrogen and oxygen atoms in total. The average Bonchev–Trinajstić information content (AvgIpc) is 2.37. The van der Waals surface area contributed by atoms with Crippen LogP contribution in [0.25, 0.3) is 0 Å². The highest BCUT2D eigenvalue weighted by Crippen LogP contribution is 2.21. The van der Waals surface area contributed by atoms with Crippen molar-refractivity contribution in [1.29, 1.82) is 0 Å². The highest BCUT2D eigenvalue weighted by Gasteiger charge is 2.31. The van der Waals surface area contributed by atoms with Gasteiger partial charge in [-0.15, -0.1) is 0 Å². The molecule has 0 amide bonds. The Bertz CT molecular complexity index is 623. The van der Waals surface area contributed by atoms with Gasteiger partial charge in [0.2, 0.25) is 10.0 Å². The Morgan fingerprint density at radius 2 is 2.10 bits per heavy atom. The van der Waals surface area contributed by atoms with E-state index in [4.69, 9.17) is 22.7 Å². The van der Waals surface area contributed by atoms with Gasteiger partial charge < -0.3 is 10.5 Å². The van der Waals surface area contributed by atoms with Gasteiger partial charge in [-0.2, -0.15) is 0 Å². The van der Waals surface area contributed by atoms with Gasteiger partial charge in [-0.1, -0.05) is 30.4 Å². The van der Waals surface area contributed by atoms with Crippen LogP contribution in [0.4, 0.5) is 0 Å². The molecular formula is C14H20N2O3S2. The zero-order valence-electron chi connectivity index (χ0n) is 12.0. The number of sulfonamides is 1. The lowest BCUT2D eigenvalue weighted by atomic mass is 9.94. The van der Waals surface area contributed by atoms with Gasteiger partial charge in [0.1, 0.15) is 4.99 Å². The van der Waals surface area contributed by atoms with E-state index in [1.54, 1.807) is 24.3 Å². The molecule has 0 radical (unpaired) electrons. The SMILES string of the molecule is CC1(NS(=O)(=O)Cc2cccc(C(N)=S)c2)CCOCC1. The minimum absolute atomic E-state index is 0.0834. The van der Waals surface area contributed by atoms with E-state index in [1.807, 2.05) is 6.92 Å². The summed E-state index contributed by atoms with van der Waals surface area (Å²) >= 11 is 4.91. The molecular weight excluding hydrogens is 308 g/mol. The topological polar surface area (TPSA) is 81.4 Å². The number of rotatable bonds is 5. The molecule has 1 fully saturated rings. The van der Waals surface area contributed by atoms with E-state index in [2.05, 4.69) is 4.72 Å². The van der Waals surface area contributed by atoms with Gasteiger partial charge in [-0.3, -0.25) is 0 Å². The Labute approximate surface area is 130 Å². The second-order valence-corrected chi connectivity index (χ2v) is 7.76. The van der Waals surface area contributed by atoms with Crippen molar-refractivity contribution < 1.29 is 13.2 Å². The lowest BCUT2D eigenvalue weighted by Crippen LogP contribution is -2.49. The predicted molar refractivity (Wildman–Crippen MR) is 86.5 cm³/mol. The van der Waals surface area contributed by atoms with Crippen LogP contribution in [0, 0.1) is 0 Å². The first kappa shape index (κ1) is 16.4. The average molecular weight is 328 g/mol. The van der Waals surface area contributed by atoms with Gasteiger partial charge in [0.15, 0.2) is 0 Å². The fraction of sp³-hybridized carbons (Fsp3) is 0.500. The molecule has 1 aromatic rings. The number of thiocarbonyl (C=S) groups is 1. The monoisotopic (exact) mass is 328 g/mol. The van der Waals surface area contributed by atoms with Crippen molar-refractivity contribution in [2.45, 2.75) is 31.1 Å². The number of ether oxygens (including phenoxy) is 1. The minimum Gasteiger partial charge on any atom is -0.389 e. The van der Waals surface area contributed by atoms with E-state index in [-0.39, 0.29) is 10.7 Å². The molecule has 0 aliphatic carbocycles. The molecule has 1 saturated heterocycles. The molecule has 1 aliphatic rings. The third-order valence-corrected chi connectivity index (χ3v) is 5.32. The molecule has 116 valence electrons. The fourth-order valence-electron chi connectivity index (χ4n) is 2.37. The van der Waals surface area contributed by atoms with E-state index in [0.29, 0.717) is 37.2 Å². The van der Waals surface area contributed by atoms with Crippen molar-refractivity contribution >= 4 is 27.2 Å². The van der Waals surface area contributed by atoms with E-state index >= 15 is 0 Å². The molecule has 2 rings (SSSR count). The van der Waals surface area contributed by atoms with Crippen LogP contribution < -0.4 is 10.5 Å². The first-order chi connectivity index (χ1) is 9.80. The van der Waals surface area contributed by atoms with Gasteiger partial charge in [-0.05, 0) is 31.4 Å². The van der Waals surface area contributed by atoms with Crippen LogP contribution in [0.5, 0.6) is 0 Å². The maximum absolute atomic E-state index is 12.3. The minimum atomic E-state index is -3.42. The van der Waals surface area contributed by atoms with Crippen molar-refractivity contribution in [3.63, 3.8) is 0 Å². The summed E-state index contributed by atoms with van der Waals surface area (Å²) in [5.41, 5.74) is 6.48. The van der Waals surface area contributed by atoms with Gasteiger partial charge >= 0.3 is 0 Å². The fourth-order valence-corrected chi connectivity index (χ4v) is 4.14. The van der Waals surface area contributed by atoms with Crippen molar-refractivity contribution in [2.75, 3.05) is 13.2 Å². The van der Waals surface area contributed by atoms with Crippen LogP contribution in [-0.4, -0.2) is 32.2 Å². The normalized spacial score (nSPS) is 18.3. The molecule has 0 saturated carbocycles. The zero-order chi connectivity index (χ0) is 15.5. The maximum Gasteiger partial charge on any atom is 0.216 e. The second-order valence-electron chi connectivity index (χ2n) is 5.60. The number of hydrogen-bond acceptors (Lipinski definition) is 4. The summed E-state index contributed by atoms with van der Waals surface area (Å²) in [6.07, 6.45) is 1.36. The number of nitrogens with two attached hydrogens (primary N) is 1. The molecule has 0 aromatic heterocycles. The molecule has 1 aromatic carbocycles. The van der Waals surface area contributed by atoms with E-state index in [0.717, 1.165) is 0 Å². The van der Waals surface area contributed by atoms with E-state index in [9.17, 15) is 8.42 Å². The van der Waals surface area contributed by atoms with Crippen LogP contribution in [0.2, 0.25) is 0 Å². The molecule has 0 unspecified atom stereocenters. The van der Waals surface area contributed by atoms with Gasteiger partial charge in [-0.25, -0.2) is 13.1 Å². The van der Waals surface area contributed by atoms with Crippen LogP contribution in [0.3, 0.4) is 0 Å². The lowest BCUT2D eigenvalue weighted by Gasteiger charge is -2.34. The predicted octanol–water partition coefficient (Wildman–Crippen LogP) is 1.31. The summed E-state index contributed by atoms with van der Waals surface area (Å²) in [7, 11) is -3.42. The Hall–Kier alpha value is -1.02. The molecule has 0 atom stereocenters. The molecule has 1 heterocycles. The van der Waals surface area contributed by atoms with Crippen LogP contribution in [-0.2, 0) is 20.5 Å². The molecule has 0 bridgehead atoms. The Morgan fingerprint density at radius 3 is 2.71 bits per heavy atom. The highest BCUT2D eigenvalue weighted by molar-refractivity contribution is 7.88. The summed E-state index contributed by atoms with van der Waals surface area (Å²) in [5.74, 6) is -0.0834. The lowest BCUT2D eigenvalue weighted by molar-refractivity contribution is 0.0537. The van der Waals surface area contributed by atoms with Gasteiger partial charge in [0.05, 0.1) is 5.75 Å². The third-order valence-electron chi connectivity index (χ3n) is 3.57. The molecule has 0 spiro atoms. The summed E-state index contributed by atoms with van der Waals surface area (Å²) < 4.78 is 32.8. The van der Waals surface area contributed by atoms with Crippen molar-refractivity contribution in [3.8, 4) is 0 Å². The highest BCUT2D eigenvalue weighted by atomic mass is 32.2. The molecule has 1 aliphatic heterocycles. The number of hydrogen-bond donors (Lipinski definition) is 2. The van der Waals surface area contributed by atoms with Crippen LogP contribution >= 0.6 is 12.2 Å². The van der Waals surface area contributed by atoms with Crippen LogP contribution in [0.1, 0.15) is 30.9 Å². The number of nitrogens with one attached hydrogen (secondary N) is 1. The zero-order valence-corrected chi connectivity index (χ0v) is 13.6. The molecule has 3 N–H and O–H groups in total. The first-order valence-corrected chi connectivity index (χ1v) is 8.84. The molecule has 21 heavy (non-hydrogen) atoms. The third kappa shape index (κ3) is 4.74. The summed E-state index contributed by atoms with van der Waals surface area (Å²) in [5, 5.41) is 0. The van der Waals surface area contributed by atoms with Gasteiger partial charge in [0, 0.05) is 24.3 Å². The summed E-state index contributed by atoms with van der Waals surface area (Å²) in [6, 6.07) is 7.00. The summed E-state index contributed by atoms with van der Waals surface area (Å²) in [6.45, 7) is 3.07. The smallest absolute Gasteiger partial charge is 0.216 e. The van der Waals surface area contributed by atoms with Crippen LogP contribution in [0.15, 0.2) is 24.3 Å². The Morgan fingerprint density at radius 1 is 1.43 bits per heavy atom. The van der Waals surface area contributed by atoms with E-state index < -0.39 is 15.6 Å². The number of benzene rings is 1. The molecule has 7 heteroatoms. The van der Waals surface area contributed by atoms with Gasteiger partial charge in [0.25, 0.3) is 0 Å². The Balaban J connectivity index is 2.10. The van der Waals surface area contributed by atoms with Crippen molar-refractivity contribution in [3.05, 3.63) is 35.4 Å². The van der Waals surface area contributed by atoms with Crippen molar-refractivity contribution in [1.82, 2.24) is 4.72 Å². The van der Waals surface area contributed by atoms with Crippen molar-refractivity contribution in [2.24, 2.45) is 5.73 Å². The second kappa shape index (κ2) is 6.39.